The Kier molecular flexibility index (Phi) is 6.99. The SMILES string of the molecule is O=C(NCCc1ccccc1F)N1CCN(C/C=C/c2ccccc2)CC1. The molecular weight excluding hydrogens is 341 g/mol. The van der Waals surface area contributed by atoms with Crippen LogP contribution in [0.2, 0.25) is 0 Å². The van der Waals surface area contributed by atoms with Crippen molar-refractivity contribution in [2.24, 2.45) is 0 Å². The fourth-order valence-corrected chi connectivity index (χ4v) is 3.15. The molecule has 0 bridgehead atoms. The largest absolute Gasteiger partial charge is 0.338 e. The molecule has 4 nitrogen and oxygen atoms in total. The second-order valence-electron chi connectivity index (χ2n) is 6.67. The summed E-state index contributed by atoms with van der Waals surface area (Å²) in [5.74, 6) is -0.219. The number of hydrogen-bond donors (Lipinski definition) is 1. The van der Waals surface area contributed by atoms with Crippen molar-refractivity contribution in [2.75, 3.05) is 39.3 Å². The number of urea groups is 1. The van der Waals surface area contributed by atoms with Crippen LogP contribution in [-0.2, 0) is 6.42 Å². The zero-order valence-corrected chi connectivity index (χ0v) is 15.5. The molecule has 0 unspecified atom stereocenters. The molecule has 0 radical (unpaired) electrons. The Morgan fingerprint density at radius 1 is 1.00 bits per heavy atom. The summed E-state index contributed by atoms with van der Waals surface area (Å²) in [5, 5.41) is 2.90. The minimum absolute atomic E-state index is 0.0641. The predicted octanol–water partition coefficient (Wildman–Crippen LogP) is 3.41. The van der Waals surface area contributed by atoms with Gasteiger partial charge in [0.05, 0.1) is 0 Å². The van der Waals surface area contributed by atoms with Crippen LogP contribution in [0, 0.1) is 5.82 Å². The average molecular weight is 367 g/mol. The van der Waals surface area contributed by atoms with Gasteiger partial charge < -0.3 is 10.2 Å². The first-order valence-electron chi connectivity index (χ1n) is 9.42. The number of carbonyl (C=O) groups excluding carboxylic acids is 1. The van der Waals surface area contributed by atoms with Crippen LogP contribution in [0.15, 0.2) is 60.7 Å². The number of rotatable bonds is 6. The first-order chi connectivity index (χ1) is 13.2. The minimum Gasteiger partial charge on any atom is -0.338 e. The van der Waals surface area contributed by atoms with Crippen molar-refractivity contribution >= 4 is 12.1 Å². The molecule has 2 aromatic carbocycles. The number of amides is 2. The van der Waals surface area contributed by atoms with E-state index < -0.39 is 0 Å². The highest BCUT2D eigenvalue weighted by molar-refractivity contribution is 5.74. The molecule has 142 valence electrons. The third kappa shape index (κ3) is 5.93. The topological polar surface area (TPSA) is 35.6 Å². The fraction of sp³-hybridized carbons (Fsp3) is 0.318. The van der Waals surface area contributed by atoms with E-state index in [1.807, 2.05) is 29.2 Å². The quantitative estimate of drug-likeness (QED) is 0.849. The Morgan fingerprint density at radius 3 is 2.44 bits per heavy atom. The molecule has 0 aromatic heterocycles. The number of hydrogen-bond acceptors (Lipinski definition) is 2. The van der Waals surface area contributed by atoms with Gasteiger partial charge in [-0.3, -0.25) is 4.90 Å². The molecule has 1 N–H and O–H groups in total. The van der Waals surface area contributed by atoms with Crippen LogP contribution in [0.25, 0.3) is 6.08 Å². The highest BCUT2D eigenvalue weighted by Crippen LogP contribution is 2.07. The van der Waals surface area contributed by atoms with Gasteiger partial charge in [-0.05, 0) is 23.6 Å². The van der Waals surface area contributed by atoms with Crippen molar-refractivity contribution in [3.63, 3.8) is 0 Å². The van der Waals surface area contributed by atoms with E-state index in [0.717, 1.165) is 19.6 Å². The molecule has 2 amide bonds. The van der Waals surface area contributed by atoms with Crippen molar-refractivity contribution in [1.82, 2.24) is 15.1 Å². The molecular formula is C22H26FN3O. The summed E-state index contributed by atoms with van der Waals surface area (Å²) in [6.45, 7) is 4.48. The summed E-state index contributed by atoms with van der Waals surface area (Å²) in [5.41, 5.74) is 1.83. The van der Waals surface area contributed by atoms with Crippen molar-refractivity contribution in [3.8, 4) is 0 Å². The van der Waals surface area contributed by atoms with Crippen LogP contribution in [-0.4, -0.2) is 55.1 Å². The zero-order chi connectivity index (χ0) is 18.9. The molecule has 3 rings (SSSR count). The molecule has 0 aliphatic carbocycles. The third-order valence-electron chi connectivity index (χ3n) is 4.76. The van der Waals surface area contributed by atoms with Gasteiger partial charge in [0.15, 0.2) is 0 Å². The number of nitrogens with one attached hydrogen (secondary N) is 1. The van der Waals surface area contributed by atoms with E-state index in [4.69, 9.17) is 0 Å². The number of nitrogens with zero attached hydrogens (tertiary/aromatic N) is 2. The fourth-order valence-electron chi connectivity index (χ4n) is 3.15. The van der Waals surface area contributed by atoms with Crippen LogP contribution in [0.5, 0.6) is 0 Å². The lowest BCUT2D eigenvalue weighted by atomic mass is 10.1. The molecule has 27 heavy (non-hydrogen) atoms. The van der Waals surface area contributed by atoms with Gasteiger partial charge >= 0.3 is 6.03 Å². The Balaban J connectivity index is 1.35. The van der Waals surface area contributed by atoms with Crippen LogP contribution in [0.4, 0.5) is 9.18 Å². The molecule has 1 fully saturated rings. The molecule has 1 heterocycles. The molecule has 5 heteroatoms. The van der Waals surface area contributed by atoms with Gasteiger partial charge in [0.1, 0.15) is 5.82 Å². The lowest BCUT2D eigenvalue weighted by molar-refractivity contribution is 0.147. The number of carbonyl (C=O) groups is 1. The molecule has 0 atom stereocenters. The first-order valence-corrected chi connectivity index (χ1v) is 9.42. The van der Waals surface area contributed by atoms with E-state index in [1.165, 1.54) is 11.6 Å². The van der Waals surface area contributed by atoms with Crippen molar-refractivity contribution in [1.29, 1.82) is 0 Å². The van der Waals surface area contributed by atoms with Gasteiger partial charge in [-0.1, -0.05) is 60.7 Å². The Bertz CT molecular complexity index is 755. The number of benzene rings is 2. The monoisotopic (exact) mass is 367 g/mol. The normalized spacial score (nSPS) is 15.2. The number of piperazine rings is 1. The summed E-state index contributed by atoms with van der Waals surface area (Å²) < 4.78 is 13.6. The van der Waals surface area contributed by atoms with E-state index in [0.29, 0.717) is 31.6 Å². The van der Waals surface area contributed by atoms with Crippen molar-refractivity contribution in [2.45, 2.75) is 6.42 Å². The Labute approximate surface area is 160 Å². The zero-order valence-electron chi connectivity index (χ0n) is 15.5. The molecule has 1 aliphatic rings. The van der Waals surface area contributed by atoms with Gasteiger partial charge in [-0.2, -0.15) is 0 Å². The highest BCUT2D eigenvalue weighted by Gasteiger charge is 2.19. The second kappa shape index (κ2) is 9.88. The highest BCUT2D eigenvalue weighted by atomic mass is 19.1. The molecule has 0 spiro atoms. The standard InChI is InChI=1S/C22H26FN3O/c23-21-11-5-4-10-20(21)12-13-24-22(27)26-17-15-25(16-18-26)14-6-9-19-7-2-1-3-8-19/h1-11H,12-18H2,(H,24,27)/b9-6+. The maximum absolute atomic E-state index is 13.6. The summed E-state index contributed by atoms with van der Waals surface area (Å²) >= 11 is 0. The molecule has 2 aromatic rings. The van der Waals surface area contributed by atoms with Gasteiger partial charge in [0.2, 0.25) is 0 Å². The third-order valence-corrected chi connectivity index (χ3v) is 4.76. The van der Waals surface area contributed by atoms with Crippen LogP contribution in [0.1, 0.15) is 11.1 Å². The summed E-state index contributed by atoms with van der Waals surface area (Å²) in [7, 11) is 0. The Morgan fingerprint density at radius 2 is 1.70 bits per heavy atom. The van der Waals surface area contributed by atoms with E-state index in [9.17, 15) is 9.18 Å². The average Bonchev–Trinajstić information content (AvgIpc) is 2.71. The van der Waals surface area contributed by atoms with Crippen LogP contribution in [0.3, 0.4) is 0 Å². The van der Waals surface area contributed by atoms with E-state index in [2.05, 4.69) is 34.5 Å². The summed E-state index contributed by atoms with van der Waals surface area (Å²) in [6.07, 6.45) is 4.80. The smallest absolute Gasteiger partial charge is 0.317 e. The predicted molar refractivity (Wildman–Crippen MR) is 107 cm³/mol. The minimum atomic E-state index is -0.219. The van der Waals surface area contributed by atoms with Crippen LogP contribution >= 0.6 is 0 Å². The van der Waals surface area contributed by atoms with Gasteiger partial charge in [-0.15, -0.1) is 0 Å². The first kappa shape index (κ1) is 19.1. The van der Waals surface area contributed by atoms with E-state index in [-0.39, 0.29) is 11.8 Å². The summed E-state index contributed by atoms with van der Waals surface area (Å²) in [4.78, 5) is 16.4. The summed E-state index contributed by atoms with van der Waals surface area (Å²) in [6, 6.07) is 16.9. The lowest BCUT2D eigenvalue weighted by Gasteiger charge is -2.34. The lowest BCUT2D eigenvalue weighted by Crippen LogP contribution is -2.51. The maximum Gasteiger partial charge on any atom is 0.317 e. The van der Waals surface area contributed by atoms with Gasteiger partial charge in [0, 0.05) is 39.3 Å². The second-order valence-corrected chi connectivity index (χ2v) is 6.67. The van der Waals surface area contributed by atoms with E-state index in [1.54, 1.807) is 12.1 Å². The molecule has 1 saturated heterocycles. The molecule has 1 aliphatic heterocycles. The van der Waals surface area contributed by atoms with Crippen LogP contribution < -0.4 is 5.32 Å². The van der Waals surface area contributed by atoms with Gasteiger partial charge in [0.25, 0.3) is 0 Å². The number of halogens is 1. The van der Waals surface area contributed by atoms with E-state index >= 15 is 0 Å². The van der Waals surface area contributed by atoms with Crippen molar-refractivity contribution < 1.29 is 9.18 Å². The Hall–Kier alpha value is -2.66. The maximum atomic E-state index is 13.6. The van der Waals surface area contributed by atoms with Gasteiger partial charge in [-0.25, -0.2) is 9.18 Å². The molecule has 0 saturated carbocycles. The van der Waals surface area contributed by atoms with Crippen molar-refractivity contribution in [3.05, 3.63) is 77.6 Å².